The van der Waals surface area contributed by atoms with Crippen LogP contribution in [0.25, 0.3) is 0 Å². The zero-order valence-corrected chi connectivity index (χ0v) is 8.96. The second-order valence-corrected chi connectivity index (χ2v) is 3.34. The van der Waals surface area contributed by atoms with E-state index in [-0.39, 0.29) is 18.2 Å². The Kier molecular flexibility index (Phi) is 3.35. The Hall–Kier alpha value is -2.36. The number of furan rings is 1. The van der Waals surface area contributed by atoms with Crippen LogP contribution in [-0.4, -0.2) is 18.4 Å². The lowest BCUT2D eigenvalue weighted by atomic mass is 10.2. The van der Waals surface area contributed by atoms with Crippen molar-refractivity contribution < 1.29 is 18.7 Å². The Bertz CT molecular complexity index is 499. The number of esters is 1. The number of hydrogen-bond donors (Lipinski definition) is 0. The molecular weight excluding hydrogens is 220 g/mol. The molecule has 2 aromatic rings. The van der Waals surface area contributed by atoms with E-state index in [1.807, 2.05) is 0 Å². The van der Waals surface area contributed by atoms with Gasteiger partial charge >= 0.3 is 5.97 Å². The van der Waals surface area contributed by atoms with Crippen LogP contribution >= 0.6 is 0 Å². The van der Waals surface area contributed by atoms with Crippen LogP contribution in [0.3, 0.4) is 0 Å². The minimum absolute atomic E-state index is 0.186. The number of benzene rings is 1. The fourth-order valence-corrected chi connectivity index (χ4v) is 1.30. The molecule has 0 spiro atoms. The first-order chi connectivity index (χ1) is 8.27. The summed E-state index contributed by atoms with van der Waals surface area (Å²) >= 11 is 0. The predicted molar refractivity (Wildman–Crippen MR) is 59.8 cm³/mol. The molecule has 0 saturated carbocycles. The van der Waals surface area contributed by atoms with Gasteiger partial charge in [-0.05, 0) is 24.3 Å². The van der Waals surface area contributed by atoms with Crippen LogP contribution in [0.5, 0.6) is 0 Å². The summed E-state index contributed by atoms with van der Waals surface area (Å²) in [6.07, 6.45) is 1.40. The van der Waals surface area contributed by atoms with Crippen molar-refractivity contribution in [1.29, 1.82) is 0 Å². The van der Waals surface area contributed by atoms with Crippen molar-refractivity contribution in [3.8, 4) is 0 Å². The Morgan fingerprint density at radius 1 is 1.06 bits per heavy atom. The van der Waals surface area contributed by atoms with Gasteiger partial charge in [-0.3, -0.25) is 4.79 Å². The molecule has 0 atom stereocenters. The van der Waals surface area contributed by atoms with E-state index < -0.39 is 5.97 Å². The molecule has 0 saturated heterocycles. The SMILES string of the molecule is O=C(OCC(=O)c1ccco1)c1ccccc1. The first-order valence-corrected chi connectivity index (χ1v) is 5.06. The molecule has 1 aromatic carbocycles. The molecule has 0 aliphatic carbocycles. The molecule has 0 radical (unpaired) electrons. The molecule has 4 heteroatoms. The lowest BCUT2D eigenvalue weighted by Crippen LogP contribution is -2.13. The van der Waals surface area contributed by atoms with Crippen molar-refractivity contribution in [2.24, 2.45) is 0 Å². The number of hydrogen-bond acceptors (Lipinski definition) is 4. The van der Waals surface area contributed by atoms with E-state index in [1.165, 1.54) is 12.3 Å². The van der Waals surface area contributed by atoms with Crippen molar-refractivity contribution >= 4 is 11.8 Å². The van der Waals surface area contributed by atoms with Gasteiger partial charge in [0, 0.05) is 0 Å². The van der Waals surface area contributed by atoms with Crippen molar-refractivity contribution in [2.75, 3.05) is 6.61 Å². The molecule has 0 aliphatic rings. The number of ketones is 1. The van der Waals surface area contributed by atoms with E-state index in [9.17, 15) is 9.59 Å². The highest BCUT2D eigenvalue weighted by molar-refractivity contribution is 5.97. The third-order valence-electron chi connectivity index (χ3n) is 2.14. The quantitative estimate of drug-likeness (QED) is 0.597. The summed E-state index contributed by atoms with van der Waals surface area (Å²) in [5.41, 5.74) is 0.416. The number of carbonyl (C=O) groups excluding carboxylic acids is 2. The van der Waals surface area contributed by atoms with Crippen molar-refractivity contribution in [3.63, 3.8) is 0 Å². The topological polar surface area (TPSA) is 56.5 Å². The zero-order chi connectivity index (χ0) is 12.1. The highest BCUT2D eigenvalue weighted by atomic mass is 16.5. The van der Waals surface area contributed by atoms with E-state index in [1.54, 1.807) is 36.4 Å². The summed E-state index contributed by atoms with van der Waals surface area (Å²) < 4.78 is 9.76. The van der Waals surface area contributed by atoms with E-state index >= 15 is 0 Å². The molecule has 17 heavy (non-hydrogen) atoms. The molecule has 86 valence electrons. The van der Waals surface area contributed by atoms with E-state index in [0.717, 1.165) is 0 Å². The number of carbonyl (C=O) groups is 2. The molecule has 0 bridgehead atoms. The fourth-order valence-electron chi connectivity index (χ4n) is 1.30. The third kappa shape index (κ3) is 2.81. The molecule has 0 unspecified atom stereocenters. The number of rotatable bonds is 4. The highest BCUT2D eigenvalue weighted by Gasteiger charge is 2.12. The van der Waals surface area contributed by atoms with Gasteiger partial charge in [-0.15, -0.1) is 0 Å². The second kappa shape index (κ2) is 5.12. The zero-order valence-electron chi connectivity index (χ0n) is 8.96. The summed E-state index contributed by atoms with van der Waals surface area (Å²) in [5.74, 6) is -0.698. The van der Waals surface area contributed by atoms with Gasteiger partial charge in [0.1, 0.15) is 0 Å². The van der Waals surface area contributed by atoms with Crippen LogP contribution in [0.1, 0.15) is 20.9 Å². The van der Waals surface area contributed by atoms with Gasteiger partial charge in [-0.1, -0.05) is 18.2 Å². The molecule has 0 amide bonds. The molecule has 1 heterocycles. The lowest BCUT2D eigenvalue weighted by molar-refractivity contribution is 0.0468. The maximum absolute atomic E-state index is 11.5. The average molecular weight is 230 g/mol. The Balaban J connectivity index is 1.91. The first-order valence-electron chi connectivity index (χ1n) is 5.06. The van der Waals surface area contributed by atoms with Crippen LogP contribution < -0.4 is 0 Å². The van der Waals surface area contributed by atoms with E-state index in [0.29, 0.717) is 5.56 Å². The summed E-state index contributed by atoms with van der Waals surface area (Å²) in [7, 11) is 0. The summed E-state index contributed by atoms with van der Waals surface area (Å²) in [4.78, 5) is 23.0. The Morgan fingerprint density at radius 2 is 1.82 bits per heavy atom. The second-order valence-electron chi connectivity index (χ2n) is 3.34. The standard InChI is InChI=1S/C13H10O4/c14-11(12-7-4-8-16-12)9-17-13(15)10-5-2-1-3-6-10/h1-8H,9H2. The van der Waals surface area contributed by atoms with E-state index in [4.69, 9.17) is 9.15 Å². The third-order valence-corrected chi connectivity index (χ3v) is 2.14. The number of ether oxygens (including phenoxy) is 1. The minimum atomic E-state index is -0.523. The molecule has 0 N–H and O–H groups in total. The minimum Gasteiger partial charge on any atom is -0.461 e. The van der Waals surface area contributed by atoms with Crippen LogP contribution in [0.4, 0.5) is 0 Å². The molecule has 1 aromatic heterocycles. The number of Topliss-reactive ketones (excluding diaryl/α,β-unsaturated/α-hetero) is 1. The van der Waals surface area contributed by atoms with Gasteiger partial charge < -0.3 is 9.15 Å². The fraction of sp³-hybridized carbons (Fsp3) is 0.0769. The molecule has 2 rings (SSSR count). The van der Waals surface area contributed by atoms with Crippen molar-refractivity contribution in [3.05, 3.63) is 60.1 Å². The van der Waals surface area contributed by atoms with Crippen LogP contribution in [0.2, 0.25) is 0 Å². The molecular formula is C13H10O4. The van der Waals surface area contributed by atoms with Crippen LogP contribution in [0, 0.1) is 0 Å². The monoisotopic (exact) mass is 230 g/mol. The first kappa shape index (κ1) is 11.1. The van der Waals surface area contributed by atoms with Gasteiger partial charge in [0.25, 0.3) is 0 Å². The van der Waals surface area contributed by atoms with Gasteiger partial charge in [-0.25, -0.2) is 4.79 Å². The normalized spacial score (nSPS) is 9.88. The lowest BCUT2D eigenvalue weighted by Gasteiger charge is -2.02. The summed E-state index contributed by atoms with van der Waals surface area (Å²) in [5, 5.41) is 0. The van der Waals surface area contributed by atoms with Gasteiger partial charge in [0.2, 0.25) is 5.78 Å². The molecule has 0 aliphatic heterocycles. The van der Waals surface area contributed by atoms with Crippen molar-refractivity contribution in [1.82, 2.24) is 0 Å². The van der Waals surface area contributed by atoms with E-state index in [2.05, 4.69) is 0 Å². The van der Waals surface area contributed by atoms with Gasteiger partial charge in [0.05, 0.1) is 11.8 Å². The summed E-state index contributed by atoms with van der Waals surface area (Å²) in [6.45, 7) is -0.318. The van der Waals surface area contributed by atoms with Crippen molar-refractivity contribution in [2.45, 2.75) is 0 Å². The molecule has 4 nitrogen and oxygen atoms in total. The smallest absolute Gasteiger partial charge is 0.338 e. The summed E-state index contributed by atoms with van der Waals surface area (Å²) in [6, 6.07) is 11.6. The highest BCUT2D eigenvalue weighted by Crippen LogP contribution is 2.04. The molecule has 0 fully saturated rings. The van der Waals surface area contributed by atoms with Crippen LogP contribution in [-0.2, 0) is 4.74 Å². The largest absolute Gasteiger partial charge is 0.461 e. The Labute approximate surface area is 97.8 Å². The van der Waals surface area contributed by atoms with Crippen LogP contribution in [0.15, 0.2) is 53.1 Å². The predicted octanol–water partition coefficient (Wildman–Crippen LogP) is 2.32. The maximum Gasteiger partial charge on any atom is 0.338 e. The Morgan fingerprint density at radius 3 is 2.47 bits per heavy atom. The maximum atomic E-state index is 11.5. The average Bonchev–Trinajstić information content (AvgIpc) is 2.90. The van der Waals surface area contributed by atoms with Gasteiger partial charge in [0.15, 0.2) is 12.4 Å². The van der Waals surface area contributed by atoms with Gasteiger partial charge in [-0.2, -0.15) is 0 Å².